The van der Waals surface area contributed by atoms with Gasteiger partial charge in [-0.2, -0.15) is 0 Å². The van der Waals surface area contributed by atoms with Crippen LogP contribution in [0.25, 0.3) is 0 Å². The molecule has 0 nitrogen and oxygen atoms in total. The summed E-state index contributed by atoms with van der Waals surface area (Å²) in [6, 6.07) is 4.73. The Hall–Kier alpha value is -0.490. The van der Waals surface area contributed by atoms with Crippen LogP contribution in [0.2, 0.25) is 5.02 Å². The lowest BCUT2D eigenvalue weighted by Gasteiger charge is -2.28. The zero-order valence-corrected chi connectivity index (χ0v) is 12.1. The third-order valence-corrected chi connectivity index (χ3v) is 5.25. The topological polar surface area (TPSA) is 0 Å². The second kappa shape index (κ2) is 5.25. The number of hydrogen-bond acceptors (Lipinski definition) is 0. The number of hydrogen-bond donors (Lipinski definition) is 0. The summed E-state index contributed by atoms with van der Waals surface area (Å²) in [6.07, 6.45) is 10.8. The molecule has 0 aromatic heterocycles. The summed E-state index contributed by atoms with van der Waals surface area (Å²) < 4.78 is 0. The molecule has 0 spiro atoms. The number of rotatable bonds is 1. The lowest BCUT2D eigenvalue weighted by atomic mass is 9.79. The maximum atomic E-state index is 6.56. The van der Waals surface area contributed by atoms with E-state index in [2.05, 4.69) is 19.1 Å². The average molecular weight is 263 g/mol. The molecule has 1 atom stereocenters. The van der Waals surface area contributed by atoms with Gasteiger partial charge in [-0.1, -0.05) is 43.9 Å². The Morgan fingerprint density at radius 2 is 1.72 bits per heavy atom. The van der Waals surface area contributed by atoms with Crippen molar-refractivity contribution in [3.05, 3.63) is 33.8 Å². The van der Waals surface area contributed by atoms with Gasteiger partial charge in [0.05, 0.1) is 0 Å². The van der Waals surface area contributed by atoms with Crippen molar-refractivity contribution < 1.29 is 0 Å². The first-order valence-corrected chi connectivity index (χ1v) is 7.95. The summed E-state index contributed by atoms with van der Waals surface area (Å²) >= 11 is 6.56. The van der Waals surface area contributed by atoms with E-state index < -0.39 is 0 Å². The van der Waals surface area contributed by atoms with Crippen LogP contribution in [0.3, 0.4) is 0 Å². The van der Waals surface area contributed by atoms with Crippen LogP contribution in [0.15, 0.2) is 12.1 Å². The van der Waals surface area contributed by atoms with E-state index in [-0.39, 0.29) is 0 Å². The largest absolute Gasteiger partial charge is 0.0840 e. The van der Waals surface area contributed by atoms with Crippen molar-refractivity contribution in [1.82, 2.24) is 0 Å². The zero-order valence-electron chi connectivity index (χ0n) is 11.3. The summed E-state index contributed by atoms with van der Waals surface area (Å²) in [5.74, 6) is 1.43. The van der Waals surface area contributed by atoms with Gasteiger partial charge in [0, 0.05) is 5.02 Å². The highest BCUT2D eigenvalue weighted by Gasteiger charge is 2.23. The molecular formula is C17H23Cl. The van der Waals surface area contributed by atoms with E-state index in [4.69, 9.17) is 11.6 Å². The number of halogens is 1. The fourth-order valence-electron chi connectivity index (χ4n) is 3.81. The van der Waals surface area contributed by atoms with Crippen molar-refractivity contribution in [3.63, 3.8) is 0 Å². The van der Waals surface area contributed by atoms with E-state index in [9.17, 15) is 0 Å². The molecule has 0 aliphatic heterocycles. The highest BCUT2D eigenvalue weighted by atomic mass is 35.5. The predicted molar refractivity (Wildman–Crippen MR) is 78.6 cm³/mol. The summed E-state index contributed by atoms with van der Waals surface area (Å²) in [5.41, 5.74) is 4.55. The van der Waals surface area contributed by atoms with E-state index >= 15 is 0 Å². The first-order chi connectivity index (χ1) is 8.75. The van der Waals surface area contributed by atoms with Crippen LogP contribution in [-0.4, -0.2) is 0 Å². The first-order valence-electron chi connectivity index (χ1n) is 7.58. The van der Waals surface area contributed by atoms with Crippen LogP contribution in [0, 0.1) is 0 Å². The average Bonchev–Trinajstić information content (AvgIpc) is 2.40. The van der Waals surface area contributed by atoms with Crippen molar-refractivity contribution in [2.24, 2.45) is 0 Å². The number of fused-ring (bicyclic) bond motifs is 1. The van der Waals surface area contributed by atoms with Crippen molar-refractivity contribution in [1.29, 1.82) is 0 Å². The van der Waals surface area contributed by atoms with Crippen LogP contribution in [-0.2, 0) is 6.42 Å². The molecule has 1 aromatic rings. The minimum Gasteiger partial charge on any atom is -0.0840 e. The smallest absolute Gasteiger partial charge is 0.0443 e. The molecule has 1 saturated carbocycles. The van der Waals surface area contributed by atoms with E-state index in [1.54, 1.807) is 5.56 Å². The number of benzene rings is 1. The molecule has 1 heteroatoms. The lowest BCUT2D eigenvalue weighted by molar-refractivity contribution is 0.443. The minimum atomic E-state index is 0.701. The zero-order chi connectivity index (χ0) is 12.5. The highest BCUT2D eigenvalue weighted by molar-refractivity contribution is 6.31. The van der Waals surface area contributed by atoms with Gasteiger partial charge in [-0.15, -0.1) is 0 Å². The second-order valence-electron chi connectivity index (χ2n) is 6.20. The van der Waals surface area contributed by atoms with Gasteiger partial charge in [0.2, 0.25) is 0 Å². The fraction of sp³-hybridized carbons (Fsp3) is 0.647. The standard InChI is InChI=1S/C17H23Cl/c1-12-6-5-9-14-10-16(17(18)11-15(12)14)13-7-3-2-4-8-13/h10-13H,2-9H2,1H3. The third-order valence-electron chi connectivity index (χ3n) is 4.92. The number of aryl methyl sites for hydroxylation is 1. The molecule has 0 radical (unpaired) electrons. The monoisotopic (exact) mass is 262 g/mol. The van der Waals surface area contributed by atoms with Gasteiger partial charge in [-0.3, -0.25) is 0 Å². The molecule has 2 aliphatic rings. The van der Waals surface area contributed by atoms with E-state index in [1.165, 1.54) is 62.5 Å². The Balaban J connectivity index is 1.95. The van der Waals surface area contributed by atoms with Crippen LogP contribution in [0.5, 0.6) is 0 Å². The van der Waals surface area contributed by atoms with Crippen molar-refractivity contribution >= 4 is 11.6 Å². The predicted octanol–water partition coefficient (Wildman–Crippen LogP) is 5.83. The molecule has 0 bridgehead atoms. The summed E-state index contributed by atoms with van der Waals surface area (Å²) in [7, 11) is 0. The van der Waals surface area contributed by atoms with Crippen molar-refractivity contribution in [2.45, 2.75) is 70.1 Å². The summed E-state index contributed by atoms with van der Waals surface area (Å²) in [4.78, 5) is 0. The van der Waals surface area contributed by atoms with Crippen LogP contribution >= 0.6 is 11.6 Å². The summed E-state index contributed by atoms with van der Waals surface area (Å²) in [6.45, 7) is 2.34. The van der Waals surface area contributed by atoms with Gasteiger partial charge in [0.25, 0.3) is 0 Å². The highest BCUT2D eigenvalue weighted by Crippen LogP contribution is 2.41. The normalized spacial score (nSPS) is 24.9. The Morgan fingerprint density at radius 1 is 0.944 bits per heavy atom. The van der Waals surface area contributed by atoms with Crippen LogP contribution in [0.4, 0.5) is 0 Å². The lowest BCUT2D eigenvalue weighted by Crippen LogP contribution is -2.11. The van der Waals surface area contributed by atoms with E-state index in [0.29, 0.717) is 5.92 Å². The fourth-order valence-corrected chi connectivity index (χ4v) is 4.13. The maximum Gasteiger partial charge on any atom is 0.0443 e. The molecule has 18 heavy (non-hydrogen) atoms. The third kappa shape index (κ3) is 2.32. The van der Waals surface area contributed by atoms with Gasteiger partial charge >= 0.3 is 0 Å². The van der Waals surface area contributed by atoms with Crippen LogP contribution < -0.4 is 0 Å². The first kappa shape index (κ1) is 12.5. The molecule has 1 aromatic carbocycles. The van der Waals surface area contributed by atoms with Crippen LogP contribution in [0.1, 0.15) is 80.4 Å². The second-order valence-corrected chi connectivity index (χ2v) is 6.61. The molecule has 0 saturated heterocycles. The van der Waals surface area contributed by atoms with E-state index in [0.717, 1.165) is 10.9 Å². The van der Waals surface area contributed by atoms with Crippen molar-refractivity contribution in [3.8, 4) is 0 Å². The molecule has 1 unspecified atom stereocenters. The molecule has 2 aliphatic carbocycles. The Morgan fingerprint density at radius 3 is 2.50 bits per heavy atom. The van der Waals surface area contributed by atoms with Gasteiger partial charge in [0.15, 0.2) is 0 Å². The quantitative estimate of drug-likeness (QED) is 0.598. The van der Waals surface area contributed by atoms with Gasteiger partial charge in [-0.25, -0.2) is 0 Å². The molecule has 1 fully saturated rings. The Kier molecular flexibility index (Phi) is 3.66. The molecule has 0 amide bonds. The summed E-state index contributed by atoms with van der Waals surface area (Å²) in [5, 5.41) is 1.04. The van der Waals surface area contributed by atoms with Gasteiger partial charge < -0.3 is 0 Å². The molecule has 98 valence electrons. The molecule has 0 heterocycles. The minimum absolute atomic E-state index is 0.701. The maximum absolute atomic E-state index is 6.56. The van der Waals surface area contributed by atoms with Gasteiger partial charge in [0.1, 0.15) is 0 Å². The molecular weight excluding hydrogens is 240 g/mol. The molecule has 3 rings (SSSR count). The SMILES string of the molecule is CC1CCCc2cc(C3CCCCC3)c(Cl)cc21. The Bertz CT molecular complexity index is 429. The van der Waals surface area contributed by atoms with Gasteiger partial charge in [-0.05, 0) is 66.7 Å². The van der Waals surface area contributed by atoms with Crippen molar-refractivity contribution in [2.75, 3.05) is 0 Å². The van der Waals surface area contributed by atoms with E-state index in [1.807, 2.05) is 0 Å². The molecule has 0 N–H and O–H groups in total. The Labute approximate surface area is 116 Å².